The second-order valence-corrected chi connectivity index (χ2v) is 9.60. The number of thiophene rings is 1. The Labute approximate surface area is 162 Å². The lowest BCUT2D eigenvalue weighted by molar-refractivity contribution is -0.119. The molecule has 2 aromatic heterocycles. The molecule has 2 N–H and O–H groups in total. The van der Waals surface area contributed by atoms with Crippen LogP contribution in [0, 0.1) is 25.7 Å². The summed E-state index contributed by atoms with van der Waals surface area (Å²) in [6, 6.07) is 0.290. The highest BCUT2D eigenvalue weighted by Crippen LogP contribution is 2.29. The van der Waals surface area contributed by atoms with Gasteiger partial charge in [-0.05, 0) is 37.7 Å². The normalized spacial score (nSPS) is 23.3. The molecular formula is C19H27N3O2S2. The quantitative estimate of drug-likeness (QED) is 0.811. The van der Waals surface area contributed by atoms with Crippen molar-refractivity contribution in [2.45, 2.75) is 58.8 Å². The largest absolute Gasteiger partial charge is 0.352 e. The lowest BCUT2D eigenvalue weighted by Gasteiger charge is -2.34. The second-order valence-electron chi connectivity index (χ2n) is 7.41. The van der Waals surface area contributed by atoms with Gasteiger partial charge in [0.1, 0.15) is 10.7 Å². The Balaban J connectivity index is 1.55. The van der Waals surface area contributed by atoms with Crippen molar-refractivity contribution in [3.63, 3.8) is 0 Å². The van der Waals surface area contributed by atoms with Crippen molar-refractivity contribution < 1.29 is 4.79 Å². The van der Waals surface area contributed by atoms with Gasteiger partial charge in [0, 0.05) is 10.9 Å². The van der Waals surface area contributed by atoms with E-state index >= 15 is 0 Å². The van der Waals surface area contributed by atoms with Crippen molar-refractivity contribution in [3.05, 3.63) is 26.6 Å². The molecule has 26 heavy (non-hydrogen) atoms. The molecule has 1 aliphatic rings. The predicted molar refractivity (Wildman–Crippen MR) is 110 cm³/mol. The molecule has 5 nitrogen and oxygen atoms in total. The minimum absolute atomic E-state index is 0.0761. The van der Waals surface area contributed by atoms with E-state index in [9.17, 15) is 9.59 Å². The van der Waals surface area contributed by atoms with Crippen LogP contribution in [0.2, 0.25) is 0 Å². The summed E-state index contributed by atoms with van der Waals surface area (Å²) in [6.07, 6.45) is 3.52. The predicted octanol–water partition coefficient (Wildman–Crippen LogP) is 3.78. The number of fused-ring (bicyclic) bond motifs is 1. The van der Waals surface area contributed by atoms with Crippen LogP contribution in [0.5, 0.6) is 0 Å². The molecule has 3 rings (SSSR count). The molecule has 1 saturated carbocycles. The van der Waals surface area contributed by atoms with E-state index < -0.39 is 0 Å². The van der Waals surface area contributed by atoms with Gasteiger partial charge in [-0.2, -0.15) is 0 Å². The van der Waals surface area contributed by atoms with Crippen LogP contribution in [0.4, 0.5) is 0 Å². The number of carbonyl (C=O) groups is 1. The van der Waals surface area contributed by atoms with Gasteiger partial charge in [0.15, 0.2) is 0 Å². The van der Waals surface area contributed by atoms with E-state index in [1.165, 1.54) is 24.6 Å². The molecule has 142 valence electrons. The number of aromatic nitrogens is 2. The van der Waals surface area contributed by atoms with Crippen LogP contribution in [0.3, 0.4) is 0 Å². The lowest BCUT2D eigenvalue weighted by atomic mass is 9.78. The van der Waals surface area contributed by atoms with Gasteiger partial charge in [-0.1, -0.05) is 26.7 Å². The zero-order valence-corrected chi connectivity index (χ0v) is 17.5. The minimum atomic E-state index is -0.0816. The van der Waals surface area contributed by atoms with Gasteiger partial charge < -0.3 is 10.3 Å². The van der Waals surface area contributed by atoms with Gasteiger partial charge in [-0.3, -0.25) is 9.59 Å². The van der Waals surface area contributed by atoms with E-state index in [0.29, 0.717) is 40.6 Å². The first-order chi connectivity index (χ1) is 12.4. The fourth-order valence-corrected chi connectivity index (χ4v) is 5.39. The number of rotatable bonds is 5. The number of aromatic amines is 1. The molecule has 1 fully saturated rings. The summed E-state index contributed by atoms with van der Waals surface area (Å²) >= 11 is 3.04. The molecule has 2 heterocycles. The number of nitrogens with one attached hydrogen (secondary N) is 2. The average Bonchev–Trinajstić information content (AvgIpc) is 2.86. The summed E-state index contributed by atoms with van der Waals surface area (Å²) in [5.74, 6) is 2.84. The molecule has 0 unspecified atom stereocenters. The van der Waals surface area contributed by atoms with Gasteiger partial charge in [0.05, 0.1) is 16.9 Å². The Kier molecular flexibility index (Phi) is 6.07. The number of thioether (sulfide) groups is 1. The molecule has 3 atom stereocenters. The number of nitrogens with zero attached hydrogens (tertiary/aromatic N) is 1. The Morgan fingerprint density at radius 1 is 1.35 bits per heavy atom. The third kappa shape index (κ3) is 4.14. The fourth-order valence-electron chi connectivity index (χ4n) is 3.64. The van der Waals surface area contributed by atoms with Gasteiger partial charge in [0.25, 0.3) is 5.56 Å². The van der Waals surface area contributed by atoms with E-state index in [-0.39, 0.29) is 11.5 Å². The summed E-state index contributed by atoms with van der Waals surface area (Å²) < 4.78 is 0. The van der Waals surface area contributed by atoms with Crippen LogP contribution < -0.4 is 10.9 Å². The number of carbonyl (C=O) groups excluding carboxylic acids is 1. The van der Waals surface area contributed by atoms with Crippen molar-refractivity contribution in [2.75, 3.05) is 5.75 Å². The molecule has 0 aliphatic heterocycles. The van der Waals surface area contributed by atoms with E-state index in [1.807, 2.05) is 13.8 Å². The van der Waals surface area contributed by atoms with Gasteiger partial charge >= 0.3 is 0 Å². The van der Waals surface area contributed by atoms with Gasteiger partial charge in [0.2, 0.25) is 5.91 Å². The number of hydrogen-bond acceptors (Lipinski definition) is 5. The maximum absolute atomic E-state index is 12.3. The summed E-state index contributed by atoms with van der Waals surface area (Å²) in [4.78, 5) is 33.9. The fraction of sp³-hybridized carbons (Fsp3) is 0.632. The van der Waals surface area contributed by atoms with Crippen LogP contribution in [0.1, 0.15) is 49.4 Å². The second kappa shape index (κ2) is 8.13. The number of hydrogen-bond donors (Lipinski definition) is 2. The summed E-state index contributed by atoms with van der Waals surface area (Å²) in [7, 11) is 0. The Hall–Kier alpha value is -1.34. The molecule has 0 aromatic carbocycles. The minimum Gasteiger partial charge on any atom is -0.352 e. The maximum Gasteiger partial charge on any atom is 0.259 e. The maximum atomic E-state index is 12.3. The highest BCUT2D eigenvalue weighted by atomic mass is 32.2. The van der Waals surface area contributed by atoms with E-state index in [0.717, 1.165) is 21.7 Å². The Bertz CT molecular complexity index is 858. The van der Waals surface area contributed by atoms with Crippen molar-refractivity contribution in [2.24, 2.45) is 11.8 Å². The third-order valence-electron chi connectivity index (χ3n) is 5.61. The monoisotopic (exact) mass is 393 g/mol. The van der Waals surface area contributed by atoms with E-state index in [1.54, 1.807) is 11.3 Å². The van der Waals surface area contributed by atoms with Crippen molar-refractivity contribution >= 4 is 39.2 Å². The Morgan fingerprint density at radius 3 is 2.88 bits per heavy atom. The van der Waals surface area contributed by atoms with Crippen LogP contribution in [-0.2, 0) is 10.5 Å². The van der Waals surface area contributed by atoms with Gasteiger partial charge in [-0.15, -0.1) is 23.1 Å². The molecule has 0 saturated heterocycles. The third-order valence-corrected chi connectivity index (χ3v) is 7.66. The first-order valence-corrected chi connectivity index (χ1v) is 11.2. The summed E-state index contributed by atoms with van der Waals surface area (Å²) in [5.41, 5.74) is 0.926. The zero-order chi connectivity index (χ0) is 18.8. The standard InChI is InChI=1S/C19H27N3O2S2/c1-10-6-5-7-14(11(10)2)20-16(23)9-25-8-15-21-18(24)17-12(3)13(4)26-19(17)22-15/h10-11,14H,5-9H2,1-4H3,(H,20,23)(H,21,22,24)/t10-,11-,14+/m0/s1. The molecule has 0 bridgehead atoms. The van der Waals surface area contributed by atoms with Gasteiger partial charge in [-0.25, -0.2) is 4.98 Å². The van der Waals surface area contributed by atoms with Crippen LogP contribution in [0.25, 0.3) is 10.2 Å². The summed E-state index contributed by atoms with van der Waals surface area (Å²) in [5, 5.41) is 3.88. The lowest BCUT2D eigenvalue weighted by Crippen LogP contribution is -2.44. The SMILES string of the molecule is Cc1sc2nc(CSCC(=O)N[C@@H]3CCC[C@H](C)[C@@H]3C)[nH]c(=O)c2c1C. The van der Waals surface area contributed by atoms with Crippen LogP contribution in [-0.4, -0.2) is 27.7 Å². The first-order valence-electron chi connectivity index (χ1n) is 9.22. The molecule has 2 aromatic rings. The average molecular weight is 394 g/mol. The smallest absolute Gasteiger partial charge is 0.259 e. The highest BCUT2D eigenvalue weighted by Gasteiger charge is 2.27. The van der Waals surface area contributed by atoms with E-state index in [2.05, 4.69) is 29.1 Å². The van der Waals surface area contributed by atoms with Crippen molar-refractivity contribution in [3.8, 4) is 0 Å². The number of aryl methyl sites for hydroxylation is 2. The molecular weight excluding hydrogens is 366 g/mol. The van der Waals surface area contributed by atoms with Crippen molar-refractivity contribution in [1.29, 1.82) is 0 Å². The number of H-pyrrole nitrogens is 1. The molecule has 0 radical (unpaired) electrons. The van der Waals surface area contributed by atoms with Crippen LogP contribution in [0.15, 0.2) is 4.79 Å². The first kappa shape index (κ1) is 19.4. The zero-order valence-electron chi connectivity index (χ0n) is 15.8. The van der Waals surface area contributed by atoms with Crippen LogP contribution >= 0.6 is 23.1 Å². The highest BCUT2D eigenvalue weighted by molar-refractivity contribution is 7.99. The molecule has 1 aliphatic carbocycles. The topological polar surface area (TPSA) is 74.8 Å². The van der Waals surface area contributed by atoms with E-state index in [4.69, 9.17) is 0 Å². The molecule has 0 spiro atoms. The molecule has 7 heteroatoms. The summed E-state index contributed by atoms with van der Waals surface area (Å²) in [6.45, 7) is 8.46. The van der Waals surface area contributed by atoms with Crippen molar-refractivity contribution in [1.82, 2.24) is 15.3 Å². The Morgan fingerprint density at radius 2 is 2.12 bits per heavy atom. The number of amides is 1. The molecule has 1 amide bonds.